The Labute approximate surface area is 200 Å². The summed E-state index contributed by atoms with van der Waals surface area (Å²) in [6.45, 7) is 22.1. The number of benzene rings is 1. The lowest BCUT2D eigenvalue weighted by Crippen LogP contribution is -2.06. The van der Waals surface area contributed by atoms with Gasteiger partial charge in [-0.15, -0.1) is 0 Å². The van der Waals surface area contributed by atoms with E-state index >= 15 is 0 Å². The molecular weight excluding hydrogens is 417 g/mol. The smallest absolute Gasteiger partial charge is 0.341 e. The molecule has 0 spiro atoms. The molecule has 0 bridgehead atoms. The molecule has 1 aromatic carbocycles. The van der Waals surface area contributed by atoms with Crippen LogP contribution >= 0.6 is 0 Å². The number of aliphatic hydroxyl groups is 1. The number of hydrogen-bond donors (Lipinski definition) is 2. The fraction of sp³-hybridized carbons (Fsp3) is 0.429. The molecule has 1 aromatic rings. The number of carbonyl (C=O) groups is 1. The molecular formula is C28H42FNO3. The summed E-state index contributed by atoms with van der Waals surface area (Å²) in [5, 5.41) is 19.5. The van der Waals surface area contributed by atoms with Crippen molar-refractivity contribution in [3.63, 3.8) is 0 Å². The fourth-order valence-electron chi connectivity index (χ4n) is 2.51. The topological polar surface area (TPSA) is 69.9 Å². The molecule has 184 valence electrons. The predicted molar refractivity (Wildman–Crippen MR) is 140 cm³/mol. The van der Waals surface area contributed by atoms with Crippen LogP contribution in [0.2, 0.25) is 0 Å². The number of carboxylic acids is 1. The average molecular weight is 460 g/mol. The summed E-state index contributed by atoms with van der Waals surface area (Å²) in [6.07, 6.45) is 5.00. The quantitative estimate of drug-likeness (QED) is 0.178. The maximum Gasteiger partial charge on any atom is 0.341 e. The minimum absolute atomic E-state index is 0.270. The van der Waals surface area contributed by atoms with Gasteiger partial charge in [-0.1, -0.05) is 60.3 Å². The number of aliphatic hydroxyl groups excluding tert-OH is 1. The van der Waals surface area contributed by atoms with Crippen molar-refractivity contribution in [3.8, 4) is 0 Å². The number of aliphatic carboxylic acids is 1. The number of aliphatic imine (C=N–C) groups is 1. The maximum atomic E-state index is 13.4. The second-order valence-electron chi connectivity index (χ2n) is 7.90. The van der Waals surface area contributed by atoms with E-state index in [0.717, 1.165) is 34.6 Å². The standard InChI is InChI=1S/C22H26FNO3.C4H10.C2H6/c1-6-10-24-13-20(22(26)27)21(25)12-14(3)16(5)18(7-2)19-9-8-17(23)11-15(19)4;1-4(2)3;1-2/h7-9,11-13,25H,2,6,10H2,1,3-5H3,(H,26,27);4H,1-3H3;1-2H3/b14-12+,18-16-,21-20-,24-13?;;. The Bertz CT molecular complexity index is 888. The predicted octanol–water partition coefficient (Wildman–Crippen LogP) is 8.11. The van der Waals surface area contributed by atoms with Crippen LogP contribution in [0.15, 0.2) is 64.4 Å². The first kappa shape index (κ1) is 32.2. The zero-order valence-corrected chi connectivity index (χ0v) is 21.8. The summed E-state index contributed by atoms with van der Waals surface area (Å²) in [6, 6.07) is 4.49. The van der Waals surface area contributed by atoms with Crippen molar-refractivity contribution in [1.29, 1.82) is 0 Å². The molecule has 0 saturated heterocycles. The van der Waals surface area contributed by atoms with E-state index in [1.807, 2.05) is 27.7 Å². The van der Waals surface area contributed by atoms with Gasteiger partial charge in [0.05, 0.1) is 0 Å². The number of nitrogens with zero attached hydrogens (tertiary/aromatic N) is 1. The minimum atomic E-state index is -1.25. The highest BCUT2D eigenvalue weighted by Gasteiger charge is 2.12. The Morgan fingerprint density at radius 3 is 2.15 bits per heavy atom. The molecule has 33 heavy (non-hydrogen) atoms. The van der Waals surface area contributed by atoms with Gasteiger partial charge in [0.1, 0.15) is 17.1 Å². The zero-order chi connectivity index (χ0) is 26.1. The van der Waals surface area contributed by atoms with Gasteiger partial charge >= 0.3 is 5.97 Å². The first-order valence-corrected chi connectivity index (χ1v) is 11.4. The molecule has 0 aliphatic rings. The molecule has 0 aliphatic carbocycles. The van der Waals surface area contributed by atoms with Gasteiger partial charge in [-0.3, -0.25) is 4.99 Å². The van der Waals surface area contributed by atoms with Crippen LogP contribution in [0.5, 0.6) is 0 Å². The van der Waals surface area contributed by atoms with E-state index < -0.39 is 5.97 Å². The van der Waals surface area contributed by atoms with Crippen LogP contribution in [0.1, 0.15) is 72.9 Å². The lowest BCUT2D eigenvalue weighted by molar-refractivity contribution is -0.132. The van der Waals surface area contributed by atoms with Crippen LogP contribution < -0.4 is 0 Å². The van der Waals surface area contributed by atoms with E-state index in [1.165, 1.54) is 24.4 Å². The van der Waals surface area contributed by atoms with E-state index in [2.05, 4.69) is 32.3 Å². The normalized spacial score (nSPS) is 12.8. The minimum Gasteiger partial charge on any atom is -0.507 e. The number of halogens is 1. The summed E-state index contributed by atoms with van der Waals surface area (Å²) in [4.78, 5) is 15.4. The molecule has 0 unspecified atom stereocenters. The Hall–Kier alpha value is -2.95. The highest BCUT2D eigenvalue weighted by atomic mass is 19.1. The molecule has 0 aliphatic heterocycles. The van der Waals surface area contributed by atoms with Crippen molar-refractivity contribution in [1.82, 2.24) is 0 Å². The van der Waals surface area contributed by atoms with Crippen molar-refractivity contribution in [2.45, 2.75) is 68.7 Å². The molecule has 5 heteroatoms. The summed E-state index contributed by atoms with van der Waals surface area (Å²) in [5.41, 5.74) is 3.55. The first-order valence-electron chi connectivity index (χ1n) is 11.4. The van der Waals surface area contributed by atoms with Crippen molar-refractivity contribution < 1.29 is 19.4 Å². The van der Waals surface area contributed by atoms with Gasteiger partial charge in [0.25, 0.3) is 0 Å². The van der Waals surface area contributed by atoms with Crippen LogP contribution in [0.4, 0.5) is 4.39 Å². The molecule has 0 atom stereocenters. The molecule has 1 rings (SSSR count). The van der Waals surface area contributed by atoms with Gasteiger partial charge in [-0.2, -0.15) is 0 Å². The molecule has 0 amide bonds. The lowest BCUT2D eigenvalue weighted by Gasteiger charge is -2.13. The monoisotopic (exact) mass is 459 g/mol. The maximum absolute atomic E-state index is 13.4. The number of aryl methyl sites for hydroxylation is 1. The zero-order valence-electron chi connectivity index (χ0n) is 21.8. The van der Waals surface area contributed by atoms with E-state index in [-0.39, 0.29) is 17.1 Å². The van der Waals surface area contributed by atoms with Gasteiger partial charge in [0.2, 0.25) is 0 Å². The summed E-state index contributed by atoms with van der Waals surface area (Å²) < 4.78 is 13.4. The Morgan fingerprint density at radius 1 is 1.18 bits per heavy atom. The van der Waals surface area contributed by atoms with E-state index in [9.17, 15) is 19.4 Å². The number of carboxylic acid groups (broad SMARTS) is 1. The summed E-state index contributed by atoms with van der Waals surface area (Å²) in [7, 11) is 0. The van der Waals surface area contributed by atoms with Gasteiger partial charge in [0.15, 0.2) is 0 Å². The van der Waals surface area contributed by atoms with Gasteiger partial charge < -0.3 is 10.2 Å². The van der Waals surface area contributed by atoms with E-state index in [1.54, 1.807) is 26.0 Å². The third kappa shape index (κ3) is 12.6. The molecule has 0 saturated carbocycles. The van der Waals surface area contributed by atoms with Crippen molar-refractivity contribution in [3.05, 3.63) is 76.4 Å². The van der Waals surface area contributed by atoms with Gasteiger partial charge in [0, 0.05) is 12.8 Å². The summed E-state index contributed by atoms with van der Waals surface area (Å²) >= 11 is 0. The number of allylic oxidation sites excluding steroid dienone is 5. The second-order valence-corrected chi connectivity index (χ2v) is 7.90. The van der Waals surface area contributed by atoms with Crippen LogP contribution in [0.25, 0.3) is 5.57 Å². The molecule has 0 heterocycles. The number of hydrogen-bond acceptors (Lipinski definition) is 3. The van der Waals surface area contributed by atoms with Crippen LogP contribution in [-0.4, -0.2) is 28.9 Å². The SMILES string of the molecule is C=C/C(=C(C)/C(C)=C/C(O)=C(\C=NCCC)C(=O)O)c1ccc(F)cc1C.CC.CC(C)C. The van der Waals surface area contributed by atoms with E-state index in [4.69, 9.17) is 0 Å². The average Bonchev–Trinajstić information content (AvgIpc) is 2.73. The molecule has 2 N–H and O–H groups in total. The highest BCUT2D eigenvalue weighted by molar-refractivity contribution is 6.09. The Morgan fingerprint density at radius 2 is 1.73 bits per heavy atom. The highest BCUT2D eigenvalue weighted by Crippen LogP contribution is 2.28. The molecule has 0 radical (unpaired) electrons. The third-order valence-electron chi connectivity index (χ3n) is 4.11. The Balaban J connectivity index is 0. The number of rotatable bonds is 8. The van der Waals surface area contributed by atoms with Crippen LogP contribution in [0, 0.1) is 18.7 Å². The molecule has 0 fully saturated rings. The van der Waals surface area contributed by atoms with Crippen molar-refractivity contribution in [2.24, 2.45) is 10.9 Å². The van der Waals surface area contributed by atoms with Crippen molar-refractivity contribution >= 4 is 17.8 Å². The third-order valence-corrected chi connectivity index (χ3v) is 4.11. The summed E-state index contributed by atoms with van der Waals surface area (Å²) in [5.74, 6) is -1.11. The fourth-order valence-corrected chi connectivity index (χ4v) is 2.51. The lowest BCUT2D eigenvalue weighted by atomic mass is 9.93. The van der Waals surface area contributed by atoms with Gasteiger partial charge in [-0.25, -0.2) is 9.18 Å². The first-order chi connectivity index (χ1) is 15.5. The van der Waals surface area contributed by atoms with E-state index in [0.29, 0.717) is 12.1 Å². The molecule has 0 aromatic heterocycles. The second kappa shape index (κ2) is 17.6. The largest absolute Gasteiger partial charge is 0.507 e. The van der Waals surface area contributed by atoms with Crippen LogP contribution in [-0.2, 0) is 4.79 Å². The molecule has 4 nitrogen and oxygen atoms in total. The van der Waals surface area contributed by atoms with Gasteiger partial charge in [-0.05, 0) is 79.2 Å². The van der Waals surface area contributed by atoms with Crippen molar-refractivity contribution in [2.75, 3.05) is 6.54 Å². The Kier molecular flexibility index (Phi) is 17.2. The van der Waals surface area contributed by atoms with Crippen LogP contribution in [0.3, 0.4) is 0 Å².